The van der Waals surface area contributed by atoms with Crippen molar-refractivity contribution in [2.75, 3.05) is 39.3 Å². The summed E-state index contributed by atoms with van der Waals surface area (Å²) in [5.74, 6) is 1.03. The van der Waals surface area contributed by atoms with Crippen molar-refractivity contribution in [3.63, 3.8) is 0 Å². The number of piperazine rings is 1. The van der Waals surface area contributed by atoms with E-state index in [1.54, 1.807) is 11.3 Å². The number of hydrogen-bond acceptors (Lipinski definition) is 4. The summed E-state index contributed by atoms with van der Waals surface area (Å²) in [7, 11) is 0. The van der Waals surface area contributed by atoms with E-state index < -0.39 is 0 Å². The molecule has 156 valence electrons. The first-order valence-corrected chi connectivity index (χ1v) is 12.0. The number of piperidine rings is 1. The van der Waals surface area contributed by atoms with Crippen molar-refractivity contribution in [2.45, 2.75) is 38.8 Å². The Hall–Kier alpha value is -1.69. The normalized spacial score (nSPS) is 21.4. The van der Waals surface area contributed by atoms with Gasteiger partial charge in [0.05, 0.1) is 0 Å². The van der Waals surface area contributed by atoms with Gasteiger partial charge in [-0.25, -0.2) is 0 Å². The standard InChI is InChI=1S/C24H33N3OS/c28-24(27-14-12-25(13-15-27)17-21-5-2-1-3-6-21)9-8-22-7-4-11-26(18-22)19-23-10-16-29-20-23/h1-3,5-6,10,16,20,22H,4,7-9,11-15,17-19H2. The van der Waals surface area contributed by atoms with Gasteiger partial charge in [0.2, 0.25) is 5.91 Å². The van der Waals surface area contributed by atoms with Gasteiger partial charge in [-0.2, -0.15) is 11.3 Å². The van der Waals surface area contributed by atoms with E-state index in [1.165, 1.54) is 30.5 Å². The molecule has 0 N–H and O–H groups in total. The van der Waals surface area contributed by atoms with Crippen LogP contribution in [0.25, 0.3) is 0 Å². The highest BCUT2D eigenvalue weighted by Gasteiger charge is 2.24. The predicted molar refractivity (Wildman–Crippen MR) is 120 cm³/mol. The molecule has 5 heteroatoms. The maximum Gasteiger partial charge on any atom is 0.222 e. The van der Waals surface area contributed by atoms with E-state index in [2.05, 4.69) is 61.9 Å². The van der Waals surface area contributed by atoms with Crippen molar-refractivity contribution in [2.24, 2.45) is 5.92 Å². The van der Waals surface area contributed by atoms with Gasteiger partial charge in [-0.15, -0.1) is 0 Å². The molecular weight excluding hydrogens is 378 g/mol. The minimum Gasteiger partial charge on any atom is -0.340 e. The van der Waals surface area contributed by atoms with Crippen LogP contribution in [0.4, 0.5) is 0 Å². The molecular formula is C24H33N3OS. The Morgan fingerprint density at radius 1 is 0.931 bits per heavy atom. The van der Waals surface area contributed by atoms with Crippen LogP contribution >= 0.6 is 11.3 Å². The summed E-state index contributed by atoms with van der Waals surface area (Å²) in [4.78, 5) is 19.9. The third-order valence-corrected chi connectivity index (χ3v) is 7.06. The van der Waals surface area contributed by atoms with Gasteiger partial charge in [-0.1, -0.05) is 30.3 Å². The summed E-state index contributed by atoms with van der Waals surface area (Å²) < 4.78 is 0. The van der Waals surface area contributed by atoms with E-state index >= 15 is 0 Å². The largest absolute Gasteiger partial charge is 0.340 e. The molecule has 29 heavy (non-hydrogen) atoms. The first kappa shape index (κ1) is 20.6. The average Bonchev–Trinajstić information content (AvgIpc) is 3.27. The maximum atomic E-state index is 12.7. The number of rotatable bonds is 7. The molecule has 1 atom stereocenters. The molecule has 2 fully saturated rings. The van der Waals surface area contributed by atoms with Crippen molar-refractivity contribution in [1.82, 2.24) is 14.7 Å². The number of carbonyl (C=O) groups excluding carboxylic acids is 1. The van der Waals surface area contributed by atoms with Crippen LogP contribution in [0.5, 0.6) is 0 Å². The number of thiophene rings is 1. The first-order valence-electron chi connectivity index (χ1n) is 11.0. The van der Waals surface area contributed by atoms with E-state index in [0.29, 0.717) is 11.8 Å². The molecule has 0 saturated carbocycles. The van der Waals surface area contributed by atoms with Gasteiger partial charge in [0.15, 0.2) is 0 Å². The van der Waals surface area contributed by atoms with E-state index in [-0.39, 0.29) is 0 Å². The molecule has 3 heterocycles. The summed E-state index contributed by atoms with van der Waals surface area (Å²) in [6.07, 6.45) is 4.30. The molecule has 1 aromatic carbocycles. The SMILES string of the molecule is O=C(CCC1CCCN(Cc2ccsc2)C1)N1CCN(Cc2ccccc2)CC1. The molecule has 2 saturated heterocycles. The zero-order valence-electron chi connectivity index (χ0n) is 17.3. The first-order chi connectivity index (χ1) is 14.3. The van der Waals surface area contributed by atoms with E-state index in [1.807, 2.05) is 0 Å². The van der Waals surface area contributed by atoms with Crippen molar-refractivity contribution in [1.29, 1.82) is 0 Å². The Balaban J connectivity index is 1.16. The van der Waals surface area contributed by atoms with Crippen molar-refractivity contribution in [3.8, 4) is 0 Å². The Labute approximate surface area is 179 Å². The smallest absolute Gasteiger partial charge is 0.222 e. The van der Waals surface area contributed by atoms with Gasteiger partial charge in [0.1, 0.15) is 0 Å². The zero-order valence-corrected chi connectivity index (χ0v) is 18.2. The Bertz CT molecular complexity index is 741. The van der Waals surface area contributed by atoms with Gasteiger partial charge >= 0.3 is 0 Å². The fourth-order valence-electron chi connectivity index (χ4n) is 4.65. The fraction of sp³-hybridized carbons (Fsp3) is 0.542. The van der Waals surface area contributed by atoms with E-state index in [4.69, 9.17) is 0 Å². The van der Waals surface area contributed by atoms with E-state index in [0.717, 1.165) is 58.7 Å². The monoisotopic (exact) mass is 411 g/mol. The molecule has 0 radical (unpaired) electrons. The van der Waals surface area contributed by atoms with Crippen LogP contribution in [-0.2, 0) is 17.9 Å². The van der Waals surface area contributed by atoms with Crippen LogP contribution in [0.3, 0.4) is 0 Å². The molecule has 0 bridgehead atoms. The van der Waals surface area contributed by atoms with Crippen LogP contribution in [-0.4, -0.2) is 59.9 Å². The summed E-state index contributed by atoms with van der Waals surface area (Å²) in [5, 5.41) is 4.42. The second-order valence-electron chi connectivity index (χ2n) is 8.56. The zero-order chi connectivity index (χ0) is 19.9. The molecule has 0 spiro atoms. The van der Waals surface area contributed by atoms with Crippen molar-refractivity contribution in [3.05, 3.63) is 58.3 Å². The number of amides is 1. The van der Waals surface area contributed by atoms with Crippen LogP contribution in [0, 0.1) is 5.92 Å². The Morgan fingerprint density at radius 3 is 2.48 bits per heavy atom. The molecule has 0 aliphatic carbocycles. The number of benzene rings is 1. The highest BCUT2D eigenvalue weighted by molar-refractivity contribution is 7.07. The van der Waals surface area contributed by atoms with Gasteiger partial charge in [-0.05, 0) is 59.7 Å². The second-order valence-corrected chi connectivity index (χ2v) is 9.34. The average molecular weight is 412 g/mol. The van der Waals surface area contributed by atoms with Crippen LogP contribution in [0.1, 0.15) is 36.8 Å². The minimum absolute atomic E-state index is 0.360. The minimum atomic E-state index is 0.360. The third kappa shape index (κ3) is 6.14. The molecule has 2 aliphatic rings. The Morgan fingerprint density at radius 2 is 1.72 bits per heavy atom. The van der Waals surface area contributed by atoms with Crippen LogP contribution in [0.15, 0.2) is 47.2 Å². The van der Waals surface area contributed by atoms with Crippen LogP contribution < -0.4 is 0 Å². The number of hydrogen-bond donors (Lipinski definition) is 0. The fourth-order valence-corrected chi connectivity index (χ4v) is 5.31. The molecule has 1 aromatic heterocycles. The Kier molecular flexibility index (Phi) is 7.36. The molecule has 1 unspecified atom stereocenters. The predicted octanol–water partition coefficient (Wildman–Crippen LogP) is 4.08. The number of carbonyl (C=O) groups is 1. The molecule has 4 rings (SSSR count). The highest BCUT2D eigenvalue weighted by atomic mass is 32.1. The quantitative estimate of drug-likeness (QED) is 0.687. The van der Waals surface area contributed by atoms with Gasteiger partial charge in [-0.3, -0.25) is 14.6 Å². The lowest BCUT2D eigenvalue weighted by molar-refractivity contribution is -0.133. The summed E-state index contributed by atoms with van der Waals surface area (Å²) >= 11 is 1.78. The molecule has 4 nitrogen and oxygen atoms in total. The lowest BCUT2D eigenvalue weighted by Crippen LogP contribution is -2.48. The third-order valence-electron chi connectivity index (χ3n) is 6.33. The van der Waals surface area contributed by atoms with Crippen LogP contribution in [0.2, 0.25) is 0 Å². The summed E-state index contributed by atoms with van der Waals surface area (Å²) in [6, 6.07) is 12.9. The lowest BCUT2D eigenvalue weighted by atomic mass is 9.93. The van der Waals surface area contributed by atoms with Gasteiger partial charge < -0.3 is 4.90 Å². The molecule has 1 amide bonds. The summed E-state index contributed by atoms with van der Waals surface area (Å²) in [6.45, 7) is 8.12. The van der Waals surface area contributed by atoms with Crippen molar-refractivity contribution >= 4 is 17.2 Å². The summed E-state index contributed by atoms with van der Waals surface area (Å²) in [5.41, 5.74) is 2.79. The van der Waals surface area contributed by atoms with E-state index in [9.17, 15) is 4.79 Å². The second kappa shape index (κ2) is 10.4. The number of nitrogens with zero attached hydrogens (tertiary/aromatic N) is 3. The maximum absolute atomic E-state index is 12.7. The molecule has 2 aliphatic heterocycles. The lowest BCUT2D eigenvalue weighted by Gasteiger charge is -2.36. The molecule has 2 aromatic rings. The van der Waals surface area contributed by atoms with Gasteiger partial charge in [0.25, 0.3) is 0 Å². The number of likely N-dealkylation sites (tertiary alicyclic amines) is 1. The van der Waals surface area contributed by atoms with Gasteiger partial charge in [0, 0.05) is 52.2 Å². The topological polar surface area (TPSA) is 26.8 Å². The van der Waals surface area contributed by atoms with Crippen molar-refractivity contribution < 1.29 is 4.79 Å². The highest BCUT2D eigenvalue weighted by Crippen LogP contribution is 2.23.